The number of nitrogens with one attached hydrogen (secondary N) is 2. The van der Waals surface area contributed by atoms with Gasteiger partial charge in [-0.3, -0.25) is 9.79 Å². The van der Waals surface area contributed by atoms with Crippen molar-refractivity contribution in [3.05, 3.63) is 89.2 Å². The number of aliphatic imine (C=N–C) groups is 1. The van der Waals surface area contributed by atoms with E-state index in [4.69, 9.17) is 5.73 Å². The number of ketones is 1. The summed E-state index contributed by atoms with van der Waals surface area (Å²) in [5, 5.41) is 0.387. The molecule has 1 aliphatic carbocycles. The molecule has 1 aromatic carbocycles. The lowest BCUT2D eigenvalue weighted by molar-refractivity contribution is -0.137. The molecule has 198 valence electrons. The minimum absolute atomic E-state index is 0.0974. The number of aromatic nitrogens is 2. The number of hydrogen-bond acceptors (Lipinski definition) is 6. The number of carbonyl (C=O) groups is 1. The molecule has 0 saturated carbocycles. The van der Waals surface area contributed by atoms with E-state index < -0.39 is 44.3 Å². The topological polar surface area (TPSA) is 130 Å². The molecule has 0 spiro atoms. The van der Waals surface area contributed by atoms with Crippen LogP contribution >= 0.6 is 0 Å². The number of Topliss-reactive ketones (excluding diaryl/α,β-unsaturated/α-hetero) is 1. The van der Waals surface area contributed by atoms with Crippen molar-refractivity contribution >= 4 is 38.6 Å². The van der Waals surface area contributed by atoms with Crippen molar-refractivity contribution in [3.8, 4) is 0 Å². The molecule has 38 heavy (non-hydrogen) atoms. The number of nitrogens with zero attached hydrogens (tertiary/aromatic N) is 2. The summed E-state index contributed by atoms with van der Waals surface area (Å²) in [6, 6.07) is 3.57. The van der Waals surface area contributed by atoms with Crippen molar-refractivity contribution < 1.29 is 30.8 Å². The average molecular weight is 548 g/mol. The number of halogens is 4. The number of carbonyl (C=O) groups excluding carboxylic acids is 1. The maximum Gasteiger partial charge on any atom is 0.416 e. The molecule has 13 heteroatoms. The van der Waals surface area contributed by atoms with Gasteiger partial charge in [0.1, 0.15) is 11.5 Å². The highest BCUT2D eigenvalue weighted by Crippen LogP contribution is 2.31. The van der Waals surface area contributed by atoms with Gasteiger partial charge in [-0.05, 0) is 42.8 Å². The number of allylic oxidation sites excluding steroid dienone is 3. The van der Waals surface area contributed by atoms with Gasteiger partial charge in [-0.1, -0.05) is 6.08 Å². The third-order valence-electron chi connectivity index (χ3n) is 5.78. The van der Waals surface area contributed by atoms with Gasteiger partial charge in [-0.25, -0.2) is 22.5 Å². The lowest BCUT2D eigenvalue weighted by Crippen LogP contribution is -2.35. The average Bonchev–Trinajstić information content (AvgIpc) is 3.30. The Labute approximate surface area is 214 Å². The summed E-state index contributed by atoms with van der Waals surface area (Å²) in [7, 11) is -2.71. The molecule has 0 saturated heterocycles. The number of hydrogen-bond donors (Lipinski definition) is 3. The molecule has 1 atom stereocenters. The van der Waals surface area contributed by atoms with E-state index in [-0.39, 0.29) is 17.6 Å². The SMILES string of the molecule is CN=CC(=CN)c1cnc2[nH]cc(C(=O)C3=CC(NS(=O)(=O)c4ccc(C(F)(F)F)cc4)CC=C3F)c2c1. The first-order valence-corrected chi connectivity index (χ1v) is 12.6. The zero-order valence-electron chi connectivity index (χ0n) is 19.8. The number of nitrogens with two attached hydrogens (primary N) is 1. The van der Waals surface area contributed by atoms with Crippen LogP contribution in [-0.4, -0.2) is 43.5 Å². The predicted octanol–water partition coefficient (Wildman–Crippen LogP) is 4.30. The molecule has 2 heterocycles. The Kier molecular flexibility index (Phi) is 7.33. The first kappa shape index (κ1) is 26.9. The second-order valence-electron chi connectivity index (χ2n) is 8.28. The lowest BCUT2D eigenvalue weighted by Gasteiger charge is -2.19. The van der Waals surface area contributed by atoms with E-state index in [1.165, 1.54) is 24.8 Å². The van der Waals surface area contributed by atoms with Gasteiger partial charge >= 0.3 is 6.18 Å². The quantitative estimate of drug-likeness (QED) is 0.231. The van der Waals surface area contributed by atoms with Gasteiger partial charge in [0.2, 0.25) is 10.0 Å². The highest BCUT2D eigenvalue weighted by Gasteiger charge is 2.31. The summed E-state index contributed by atoms with van der Waals surface area (Å²) in [5.41, 5.74) is 5.85. The van der Waals surface area contributed by atoms with Crippen molar-refractivity contribution in [1.82, 2.24) is 14.7 Å². The Balaban J connectivity index is 1.63. The summed E-state index contributed by atoms with van der Waals surface area (Å²) < 4.78 is 81.0. The summed E-state index contributed by atoms with van der Waals surface area (Å²) in [6.07, 6.45) is 3.21. The standard InChI is InChI=1S/C25H21F4N5O3S/c1-31-11-15(10-30)14-8-19-21(13-33-24(19)32-12-14)23(35)20-9-17(4-7-22(20)26)34-38(36,37)18-5-2-16(3-6-18)25(27,28)29/h2-3,5-13,17,34H,4,30H2,1H3,(H,32,33). The van der Waals surface area contributed by atoms with Crippen LogP contribution in [0.25, 0.3) is 16.6 Å². The molecular weight excluding hydrogens is 526 g/mol. The third kappa shape index (κ3) is 5.43. The van der Waals surface area contributed by atoms with Crippen molar-refractivity contribution in [1.29, 1.82) is 0 Å². The molecule has 0 radical (unpaired) electrons. The van der Waals surface area contributed by atoms with Crippen molar-refractivity contribution in [2.75, 3.05) is 7.05 Å². The maximum atomic E-state index is 14.8. The lowest BCUT2D eigenvalue weighted by atomic mass is 9.95. The first-order valence-electron chi connectivity index (χ1n) is 11.1. The van der Waals surface area contributed by atoms with Crippen LogP contribution in [0.2, 0.25) is 0 Å². The number of rotatable bonds is 7. The van der Waals surface area contributed by atoms with Gasteiger partial charge in [0.25, 0.3) is 0 Å². The van der Waals surface area contributed by atoms with Crippen LogP contribution in [0.3, 0.4) is 0 Å². The Bertz CT molecular complexity index is 1620. The summed E-state index contributed by atoms with van der Waals surface area (Å²) in [6.45, 7) is 0. The van der Waals surface area contributed by atoms with Crippen LogP contribution in [0.4, 0.5) is 17.6 Å². The van der Waals surface area contributed by atoms with E-state index in [1.54, 1.807) is 13.1 Å². The van der Waals surface area contributed by atoms with E-state index in [2.05, 4.69) is 19.7 Å². The van der Waals surface area contributed by atoms with Gasteiger partial charge in [0.05, 0.1) is 16.0 Å². The highest BCUT2D eigenvalue weighted by atomic mass is 32.2. The van der Waals surface area contributed by atoms with Crippen LogP contribution in [0, 0.1) is 0 Å². The number of aromatic amines is 1. The predicted molar refractivity (Wildman–Crippen MR) is 134 cm³/mol. The zero-order valence-corrected chi connectivity index (χ0v) is 20.6. The zero-order chi connectivity index (χ0) is 27.7. The normalized spacial score (nSPS) is 17.1. The summed E-state index contributed by atoms with van der Waals surface area (Å²) >= 11 is 0. The van der Waals surface area contributed by atoms with E-state index in [9.17, 15) is 30.8 Å². The molecule has 1 aliphatic rings. The molecule has 0 amide bonds. The van der Waals surface area contributed by atoms with Gasteiger partial charge in [0, 0.05) is 60.0 Å². The molecule has 0 aliphatic heterocycles. The fourth-order valence-corrected chi connectivity index (χ4v) is 5.09. The molecular formula is C25H21F4N5O3S. The molecule has 1 unspecified atom stereocenters. The molecule has 4 N–H and O–H groups in total. The van der Waals surface area contributed by atoms with E-state index in [0.717, 1.165) is 24.3 Å². The third-order valence-corrected chi connectivity index (χ3v) is 7.28. The van der Waals surface area contributed by atoms with Crippen molar-refractivity contribution in [2.45, 2.75) is 23.5 Å². The highest BCUT2D eigenvalue weighted by molar-refractivity contribution is 7.89. The van der Waals surface area contributed by atoms with E-state index >= 15 is 0 Å². The van der Waals surface area contributed by atoms with Gasteiger partial charge in [-0.2, -0.15) is 13.2 Å². The minimum atomic E-state index is -4.62. The van der Waals surface area contributed by atoms with Gasteiger partial charge in [0.15, 0.2) is 5.78 Å². The summed E-state index contributed by atoms with van der Waals surface area (Å²) in [5.74, 6) is -1.55. The van der Waals surface area contributed by atoms with Crippen LogP contribution < -0.4 is 10.5 Å². The number of alkyl halides is 3. The number of H-pyrrole nitrogens is 1. The van der Waals surface area contributed by atoms with Gasteiger partial charge < -0.3 is 10.7 Å². The van der Waals surface area contributed by atoms with Crippen LogP contribution in [-0.2, 0) is 16.2 Å². The maximum absolute atomic E-state index is 14.8. The molecule has 0 bridgehead atoms. The second-order valence-corrected chi connectivity index (χ2v) is 9.99. The Morgan fingerprint density at radius 1 is 1.26 bits per heavy atom. The minimum Gasteiger partial charge on any atom is -0.404 e. The fraction of sp³-hybridized carbons (Fsp3) is 0.160. The summed E-state index contributed by atoms with van der Waals surface area (Å²) in [4.78, 5) is 24.0. The van der Waals surface area contributed by atoms with E-state index in [0.29, 0.717) is 34.3 Å². The molecule has 2 aromatic heterocycles. The van der Waals surface area contributed by atoms with E-state index in [1.807, 2.05) is 0 Å². The number of sulfonamides is 1. The van der Waals surface area contributed by atoms with Crippen LogP contribution in [0.5, 0.6) is 0 Å². The van der Waals surface area contributed by atoms with Crippen molar-refractivity contribution in [2.24, 2.45) is 10.7 Å². The van der Waals surface area contributed by atoms with Crippen LogP contribution in [0.15, 0.2) is 82.4 Å². The monoisotopic (exact) mass is 547 g/mol. The van der Waals surface area contributed by atoms with Crippen LogP contribution in [0.1, 0.15) is 27.9 Å². The Morgan fingerprint density at radius 2 is 1.97 bits per heavy atom. The Hall–Kier alpha value is -4.10. The molecule has 0 fully saturated rings. The van der Waals surface area contributed by atoms with Gasteiger partial charge in [-0.15, -0.1) is 0 Å². The first-order chi connectivity index (χ1) is 17.9. The number of fused-ring (bicyclic) bond motifs is 1. The van der Waals surface area contributed by atoms with Crippen molar-refractivity contribution in [3.63, 3.8) is 0 Å². The second kappa shape index (κ2) is 10.3. The number of pyridine rings is 1. The number of benzene rings is 1. The Morgan fingerprint density at radius 3 is 2.61 bits per heavy atom. The molecule has 8 nitrogen and oxygen atoms in total. The fourth-order valence-electron chi connectivity index (χ4n) is 3.89. The largest absolute Gasteiger partial charge is 0.416 e. The smallest absolute Gasteiger partial charge is 0.404 e. The molecule has 4 rings (SSSR count). The molecule has 3 aromatic rings.